The zero-order valence-corrected chi connectivity index (χ0v) is 14.9. The Kier molecular flexibility index (Phi) is 8.60. The molecule has 1 aromatic rings. The maximum absolute atomic E-state index is 12.5. The standard InChI is InChI=1S/C13H16FNO.C7H14/c1-10(12-5-3-2-4-6-12)15-9-11(8-14)7-13(15)16;1-4-5-6-7(2)3/h2-6,10-11H,7-9H2,1H3;6H,4-5H2,1-3H3. The normalized spacial score (nSPS) is 18.2. The Balaban J connectivity index is 0.000000322. The number of hydrogen-bond donors (Lipinski definition) is 0. The topological polar surface area (TPSA) is 20.3 Å². The minimum atomic E-state index is -0.399. The molecular weight excluding hydrogens is 289 g/mol. The molecule has 1 heterocycles. The first-order valence-corrected chi connectivity index (χ1v) is 8.53. The number of allylic oxidation sites excluding steroid dienone is 2. The monoisotopic (exact) mass is 319 g/mol. The van der Waals surface area contributed by atoms with Gasteiger partial charge in [0.15, 0.2) is 0 Å². The third kappa shape index (κ3) is 6.55. The summed E-state index contributed by atoms with van der Waals surface area (Å²) in [5.41, 5.74) is 2.54. The lowest BCUT2D eigenvalue weighted by Crippen LogP contribution is -2.28. The third-order valence-electron chi connectivity index (χ3n) is 4.05. The predicted octanol–water partition coefficient (Wildman–Crippen LogP) is 5.32. The second kappa shape index (κ2) is 10.2. The highest BCUT2D eigenvalue weighted by atomic mass is 19.1. The molecule has 2 atom stereocenters. The molecule has 0 saturated carbocycles. The second-order valence-electron chi connectivity index (χ2n) is 6.43. The Morgan fingerprint density at radius 1 is 1.35 bits per heavy atom. The molecule has 1 fully saturated rings. The number of alkyl halides is 1. The van der Waals surface area contributed by atoms with Crippen molar-refractivity contribution in [1.29, 1.82) is 0 Å². The molecule has 0 N–H and O–H groups in total. The minimum absolute atomic E-state index is 0.0465. The van der Waals surface area contributed by atoms with Gasteiger partial charge in [-0.15, -0.1) is 0 Å². The fourth-order valence-electron chi connectivity index (χ4n) is 2.63. The number of amides is 1. The summed E-state index contributed by atoms with van der Waals surface area (Å²) >= 11 is 0. The van der Waals surface area contributed by atoms with Gasteiger partial charge in [0.1, 0.15) is 0 Å². The van der Waals surface area contributed by atoms with Gasteiger partial charge in [-0.1, -0.05) is 55.3 Å². The summed E-state index contributed by atoms with van der Waals surface area (Å²) in [6, 6.07) is 9.91. The average Bonchev–Trinajstić information content (AvgIpc) is 2.94. The zero-order chi connectivity index (χ0) is 17.2. The number of halogens is 1. The van der Waals surface area contributed by atoms with Gasteiger partial charge in [0.05, 0.1) is 12.7 Å². The molecule has 0 aromatic heterocycles. The summed E-state index contributed by atoms with van der Waals surface area (Å²) in [6.07, 6.45) is 5.13. The van der Waals surface area contributed by atoms with E-state index in [-0.39, 0.29) is 17.9 Å². The van der Waals surface area contributed by atoms with Gasteiger partial charge in [-0.2, -0.15) is 0 Å². The van der Waals surface area contributed by atoms with E-state index in [1.54, 1.807) is 4.90 Å². The Hall–Kier alpha value is -1.64. The molecule has 1 aromatic carbocycles. The molecule has 1 aliphatic heterocycles. The van der Waals surface area contributed by atoms with Crippen molar-refractivity contribution in [2.24, 2.45) is 5.92 Å². The highest BCUT2D eigenvalue weighted by molar-refractivity contribution is 5.79. The van der Waals surface area contributed by atoms with Gasteiger partial charge in [-0.05, 0) is 32.8 Å². The van der Waals surface area contributed by atoms with Gasteiger partial charge in [0.25, 0.3) is 0 Å². The van der Waals surface area contributed by atoms with Crippen LogP contribution in [-0.2, 0) is 4.79 Å². The SMILES string of the molecule is CC(c1ccccc1)N1CC(CF)CC1=O.CCCC=C(C)C. The lowest BCUT2D eigenvalue weighted by atomic mass is 10.1. The van der Waals surface area contributed by atoms with Crippen molar-refractivity contribution >= 4 is 5.91 Å². The number of benzene rings is 1. The fraction of sp³-hybridized carbons (Fsp3) is 0.550. The van der Waals surface area contributed by atoms with Crippen LogP contribution in [0.3, 0.4) is 0 Å². The maximum Gasteiger partial charge on any atom is 0.223 e. The summed E-state index contributed by atoms with van der Waals surface area (Å²) in [5, 5.41) is 0. The Morgan fingerprint density at radius 2 is 2.00 bits per heavy atom. The lowest BCUT2D eigenvalue weighted by molar-refractivity contribution is -0.129. The van der Waals surface area contributed by atoms with Crippen molar-refractivity contribution in [1.82, 2.24) is 4.90 Å². The van der Waals surface area contributed by atoms with Crippen LogP contribution in [0.5, 0.6) is 0 Å². The van der Waals surface area contributed by atoms with E-state index in [1.165, 1.54) is 18.4 Å². The Morgan fingerprint density at radius 3 is 2.43 bits per heavy atom. The molecular formula is C20H30FNO. The van der Waals surface area contributed by atoms with Crippen LogP contribution in [-0.4, -0.2) is 24.0 Å². The van der Waals surface area contributed by atoms with E-state index < -0.39 is 6.67 Å². The van der Waals surface area contributed by atoms with E-state index in [1.807, 2.05) is 37.3 Å². The molecule has 23 heavy (non-hydrogen) atoms. The smallest absolute Gasteiger partial charge is 0.223 e. The molecule has 2 unspecified atom stereocenters. The number of carbonyl (C=O) groups excluding carboxylic acids is 1. The number of rotatable bonds is 5. The third-order valence-corrected chi connectivity index (χ3v) is 4.05. The predicted molar refractivity (Wildman–Crippen MR) is 95.0 cm³/mol. The van der Waals surface area contributed by atoms with E-state index in [4.69, 9.17) is 0 Å². The van der Waals surface area contributed by atoms with Crippen LogP contribution in [0, 0.1) is 5.92 Å². The summed E-state index contributed by atoms with van der Waals surface area (Å²) in [4.78, 5) is 13.5. The van der Waals surface area contributed by atoms with Crippen LogP contribution in [0.15, 0.2) is 42.0 Å². The summed E-state index contributed by atoms with van der Waals surface area (Å²) < 4.78 is 12.5. The maximum atomic E-state index is 12.5. The van der Waals surface area contributed by atoms with Crippen LogP contribution < -0.4 is 0 Å². The molecule has 0 spiro atoms. The first kappa shape index (κ1) is 19.4. The molecule has 3 heteroatoms. The van der Waals surface area contributed by atoms with Crippen LogP contribution in [0.2, 0.25) is 0 Å². The van der Waals surface area contributed by atoms with Crippen molar-refractivity contribution in [3.05, 3.63) is 47.5 Å². The van der Waals surface area contributed by atoms with Crippen LogP contribution in [0.4, 0.5) is 4.39 Å². The van der Waals surface area contributed by atoms with E-state index in [0.29, 0.717) is 13.0 Å². The number of hydrogen-bond acceptors (Lipinski definition) is 1. The number of nitrogens with zero attached hydrogens (tertiary/aromatic N) is 1. The largest absolute Gasteiger partial charge is 0.336 e. The quantitative estimate of drug-likeness (QED) is 0.673. The van der Waals surface area contributed by atoms with Crippen molar-refractivity contribution in [2.75, 3.05) is 13.2 Å². The van der Waals surface area contributed by atoms with Crippen molar-refractivity contribution in [3.8, 4) is 0 Å². The van der Waals surface area contributed by atoms with E-state index >= 15 is 0 Å². The van der Waals surface area contributed by atoms with Gasteiger partial charge < -0.3 is 4.90 Å². The first-order chi connectivity index (χ1) is 11.0. The van der Waals surface area contributed by atoms with Crippen LogP contribution >= 0.6 is 0 Å². The highest BCUT2D eigenvalue weighted by Gasteiger charge is 2.32. The van der Waals surface area contributed by atoms with Gasteiger partial charge in [0.2, 0.25) is 5.91 Å². The molecule has 1 amide bonds. The second-order valence-corrected chi connectivity index (χ2v) is 6.43. The van der Waals surface area contributed by atoms with Crippen LogP contribution in [0.25, 0.3) is 0 Å². The highest BCUT2D eigenvalue weighted by Crippen LogP contribution is 2.28. The van der Waals surface area contributed by atoms with Crippen molar-refractivity contribution < 1.29 is 9.18 Å². The minimum Gasteiger partial charge on any atom is -0.336 e. The molecule has 0 radical (unpaired) electrons. The Labute approximate surface area is 140 Å². The number of likely N-dealkylation sites (tertiary alicyclic amines) is 1. The van der Waals surface area contributed by atoms with Crippen molar-refractivity contribution in [2.45, 2.75) is 53.0 Å². The average molecular weight is 319 g/mol. The summed E-state index contributed by atoms with van der Waals surface area (Å²) in [7, 11) is 0. The zero-order valence-electron chi connectivity index (χ0n) is 14.9. The van der Waals surface area contributed by atoms with E-state index in [9.17, 15) is 9.18 Å². The van der Waals surface area contributed by atoms with E-state index in [0.717, 1.165) is 5.56 Å². The fourth-order valence-corrected chi connectivity index (χ4v) is 2.63. The van der Waals surface area contributed by atoms with Gasteiger partial charge in [0, 0.05) is 18.9 Å². The van der Waals surface area contributed by atoms with E-state index in [2.05, 4.69) is 26.8 Å². The summed E-state index contributed by atoms with van der Waals surface area (Å²) in [6.45, 7) is 8.60. The van der Waals surface area contributed by atoms with Gasteiger partial charge >= 0.3 is 0 Å². The lowest BCUT2D eigenvalue weighted by Gasteiger charge is -2.25. The first-order valence-electron chi connectivity index (χ1n) is 8.53. The summed E-state index contributed by atoms with van der Waals surface area (Å²) in [5.74, 6) is -0.0438. The molecule has 2 nitrogen and oxygen atoms in total. The molecule has 1 aliphatic rings. The number of unbranched alkanes of at least 4 members (excludes halogenated alkanes) is 1. The molecule has 2 rings (SSSR count). The molecule has 0 aliphatic carbocycles. The Bertz CT molecular complexity index is 494. The van der Waals surface area contributed by atoms with Gasteiger partial charge in [-0.3, -0.25) is 9.18 Å². The molecule has 1 saturated heterocycles. The van der Waals surface area contributed by atoms with Crippen LogP contribution in [0.1, 0.15) is 58.6 Å². The van der Waals surface area contributed by atoms with Gasteiger partial charge in [-0.25, -0.2) is 0 Å². The van der Waals surface area contributed by atoms with Crippen molar-refractivity contribution in [3.63, 3.8) is 0 Å². The molecule has 0 bridgehead atoms. The number of carbonyl (C=O) groups is 1. The molecule has 128 valence electrons.